The smallest absolute Gasteiger partial charge is 0.241 e. The molecule has 2 aromatic heterocycles. The fourth-order valence-electron chi connectivity index (χ4n) is 1.18. The number of hydrogen-bond donors (Lipinski definition) is 4. The Morgan fingerprint density at radius 3 is 3.07 bits per heavy atom. The van der Waals surface area contributed by atoms with Crippen molar-refractivity contribution in [1.82, 2.24) is 25.4 Å². The van der Waals surface area contributed by atoms with Gasteiger partial charge in [-0.2, -0.15) is 0 Å². The number of nitrogens with one attached hydrogen (secondary N) is 2. The Balaban J connectivity index is 2.40. The van der Waals surface area contributed by atoms with E-state index in [2.05, 4.69) is 19.9 Å². The number of aromatic amines is 1. The zero-order valence-electron chi connectivity index (χ0n) is 7.69. The fraction of sp³-hybridized carbons (Fsp3) is 0.143. The summed E-state index contributed by atoms with van der Waals surface area (Å²) >= 11 is 0. The van der Waals surface area contributed by atoms with E-state index in [0.717, 1.165) is 0 Å². The first-order chi connectivity index (χ1) is 7.20. The second-order valence-corrected chi connectivity index (χ2v) is 2.87. The van der Waals surface area contributed by atoms with Gasteiger partial charge >= 0.3 is 0 Å². The summed E-state index contributed by atoms with van der Waals surface area (Å²) in [5.41, 5.74) is 8.61. The molecule has 2 rings (SSSR count). The highest BCUT2D eigenvalue weighted by Gasteiger charge is 2.09. The lowest BCUT2D eigenvalue weighted by atomic mass is 10.3. The molecule has 0 aliphatic rings. The molecule has 0 spiro atoms. The maximum atomic E-state index is 11.0. The van der Waals surface area contributed by atoms with Crippen LogP contribution in [0.5, 0.6) is 0 Å². The van der Waals surface area contributed by atoms with Crippen molar-refractivity contribution in [3.05, 3.63) is 12.2 Å². The highest BCUT2D eigenvalue weighted by Crippen LogP contribution is 2.12. The van der Waals surface area contributed by atoms with Crippen LogP contribution in [-0.2, 0) is 11.2 Å². The van der Waals surface area contributed by atoms with Gasteiger partial charge < -0.3 is 10.7 Å². The van der Waals surface area contributed by atoms with Crippen molar-refractivity contribution >= 4 is 22.9 Å². The van der Waals surface area contributed by atoms with Crippen molar-refractivity contribution in [2.75, 3.05) is 5.73 Å². The molecule has 0 unspecified atom stereocenters. The van der Waals surface area contributed by atoms with Crippen LogP contribution in [0.3, 0.4) is 0 Å². The number of imidazole rings is 1. The standard InChI is InChI=1S/C7H9N7O/c8-6-5-7(11-2-10-5)13-3(12-6)1-4(15)14-9/h2H,1,9H2,(H,14,15)(H3,8,10,11,12,13). The fourth-order valence-corrected chi connectivity index (χ4v) is 1.18. The summed E-state index contributed by atoms with van der Waals surface area (Å²) in [6.07, 6.45) is 1.44. The zero-order chi connectivity index (χ0) is 10.8. The third-order valence-corrected chi connectivity index (χ3v) is 1.84. The van der Waals surface area contributed by atoms with Crippen molar-refractivity contribution in [2.45, 2.75) is 6.42 Å². The Morgan fingerprint density at radius 1 is 1.53 bits per heavy atom. The van der Waals surface area contributed by atoms with E-state index in [1.54, 1.807) is 0 Å². The number of nitrogens with zero attached hydrogens (tertiary/aromatic N) is 3. The van der Waals surface area contributed by atoms with Gasteiger partial charge in [-0.3, -0.25) is 10.2 Å². The van der Waals surface area contributed by atoms with Crippen LogP contribution in [0.25, 0.3) is 11.2 Å². The molecule has 0 radical (unpaired) electrons. The summed E-state index contributed by atoms with van der Waals surface area (Å²) in [6.45, 7) is 0. The topological polar surface area (TPSA) is 136 Å². The predicted molar refractivity (Wildman–Crippen MR) is 52.1 cm³/mol. The molecule has 78 valence electrons. The summed E-state index contributed by atoms with van der Waals surface area (Å²) in [4.78, 5) is 25.7. The SMILES string of the molecule is NNC(=O)Cc1nc(N)c2[nH]cnc2n1. The van der Waals surface area contributed by atoms with Crippen LogP contribution >= 0.6 is 0 Å². The maximum Gasteiger partial charge on any atom is 0.241 e. The summed E-state index contributed by atoms with van der Waals surface area (Å²) < 4.78 is 0. The number of nitrogen functional groups attached to an aromatic ring is 1. The van der Waals surface area contributed by atoms with Gasteiger partial charge in [-0.15, -0.1) is 0 Å². The third-order valence-electron chi connectivity index (χ3n) is 1.84. The number of carbonyl (C=O) groups is 1. The number of anilines is 1. The third kappa shape index (κ3) is 1.70. The highest BCUT2D eigenvalue weighted by molar-refractivity contribution is 5.82. The van der Waals surface area contributed by atoms with Gasteiger partial charge in [0.15, 0.2) is 11.5 Å². The van der Waals surface area contributed by atoms with Crippen molar-refractivity contribution in [3.8, 4) is 0 Å². The maximum absolute atomic E-state index is 11.0. The number of hydrazine groups is 1. The van der Waals surface area contributed by atoms with E-state index in [4.69, 9.17) is 11.6 Å². The number of fused-ring (bicyclic) bond motifs is 1. The van der Waals surface area contributed by atoms with Gasteiger partial charge in [0.05, 0.1) is 12.7 Å². The first kappa shape index (κ1) is 9.34. The lowest BCUT2D eigenvalue weighted by molar-refractivity contribution is -0.120. The van der Waals surface area contributed by atoms with E-state index in [1.165, 1.54) is 6.33 Å². The Morgan fingerprint density at radius 2 is 2.33 bits per heavy atom. The Hall–Kier alpha value is -2.22. The summed E-state index contributed by atoms with van der Waals surface area (Å²) in [5, 5.41) is 0. The summed E-state index contributed by atoms with van der Waals surface area (Å²) in [5.74, 6) is 5.11. The van der Waals surface area contributed by atoms with Crippen LogP contribution in [0.4, 0.5) is 5.82 Å². The molecule has 2 aromatic rings. The largest absolute Gasteiger partial charge is 0.382 e. The van der Waals surface area contributed by atoms with E-state index >= 15 is 0 Å². The van der Waals surface area contributed by atoms with E-state index in [9.17, 15) is 4.79 Å². The molecule has 0 fully saturated rings. The second kappa shape index (κ2) is 3.50. The van der Waals surface area contributed by atoms with Crippen LogP contribution in [0.15, 0.2) is 6.33 Å². The second-order valence-electron chi connectivity index (χ2n) is 2.87. The Labute approximate surface area is 84.1 Å². The van der Waals surface area contributed by atoms with Crippen molar-refractivity contribution < 1.29 is 4.79 Å². The minimum Gasteiger partial charge on any atom is -0.382 e. The van der Waals surface area contributed by atoms with E-state index in [1.807, 2.05) is 5.43 Å². The molecule has 1 amide bonds. The number of nitrogens with two attached hydrogens (primary N) is 2. The first-order valence-corrected chi connectivity index (χ1v) is 4.15. The molecule has 8 heteroatoms. The minimum atomic E-state index is -0.385. The lowest BCUT2D eigenvalue weighted by Crippen LogP contribution is -2.32. The number of carbonyl (C=O) groups excluding carboxylic acids is 1. The molecular formula is C7H9N7O. The zero-order valence-corrected chi connectivity index (χ0v) is 7.69. The van der Waals surface area contributed by atoms with E-state index in [0.29, 0.717) is 11.2 Å². The van der Waals surface area contributed by atoms with Crippen LogP contribution in [0.1, 0.15) is 5.82 Å². The molecule has 0 aromatic carbocycles. The van der Waals surface area contributed by atoms with E-state index in [-0.39, 0.29) is 24.0 Å². The number of aromatic nitrogens is 4. The van der Waals surface area contributed by atoms with Crippen molar-refractivity contribution in [3.63, 3.8) is 0 Å². The Bertz CT molecular complexity index is 505. The quantitative estimate of drug-likeness (QED) is 0.268. The molecular weight excluding hydrogens is 198 g/mol. The molecule has 0 atom stereocenters. The van der Waals surface area contributed by atoms with Crippen LogP contribution in [0.2, 0.25) is 0 Å². The van der Waals surface area contributed by atoms with Crippen LogP contribution in [-0.4, -0.2) is 25.8 Å². The monoisotopic (exact) mass is 207 g/mol. The van der Waals surface area contributed by atoms with Gasteiger partial charge in [-0.05, 0) is 0 Å². The average Bonchev–Trinajstić information content (AvgIpc) is 2.66. The summed E-state index contributed by atoms with van der Waals surface area (Å²) in [7, 11) is 0. The van der Waals surface area contributed by atoms with Gasteiger partial charge in [0.2, 0.25) is 5.91 Å². The van der Waals surface area contributed by atoms with Gasteiger partial charge in [0.25, 0.3) is 0 Å². The molecule has 2 heterocycles. The first-order valence-electron chi connectivity index (χ1n) is 4.15. The number of rotatable bonds is 2. The van der Waals surface area contributed by atoms with E-state index < -0.39 is 0 Å². The number of amides is 1. The highest BCUT2D eigenvalue weighted by atomic mass is 16.2. The number of hydrogen-bond acceptors (Lipinski definition) is 6. The molecule has 15 heavy (non-hydrogen) atoms. The lowest BCUT2D eigenvalue weighted by Gasteiger charge is -2.00. The molecule has 8 nitrogen and oxygen atoms in total. The summed E-state index contributed by atoms with van der Waals surface area (Å²) in [6, 6.07) is 0. The van der Waals surface area contributed by atoms with Gasteiger partial charge in [0, 0.05) is 0 Å². The van der Waals surface area contributed by atoms with Crippen molar-refractivity contribution in [1.29, 1.82) is 0 Å². The molecule has 0 saturated heterocycles. The Kier molecular flexibility index (Phi) is 2.18. The number of H-pyrrole nitrogens is 1. The normalized spacial score (nSPS) is 10.5. The van der Waals surface area contributed by atoms with Gasteiger partial charge in [-0.1, -0.05) is 0 Å². The molecule has 0 saturated carbocycles. The van der Waals surface area contributed by atoms with Crippen LogP contribution < -0.4 is 17.0 Å². The van der Waals surface area contributed by atoms with Gasteiger partial charge in [0.1, 0.15) is 11.3 Å². The minimum absolute atomic E-state index is 0.0243. The predicted octanol–water partition coefficient (Wildman–Crippen LogP) is -1.53. The van der Waals surface area contributed by atoms with Crippen molar-refractivity contribution in [2.24, 2.45) is 5.84 Å². The molecule has 0 aliphatic carbocycles. The molecule has 0 bridgehead atoms. The molecule has 6 N–H and O–H groups in total. The van der Waals surface area contributed by atoms with Gasteiger partial charge in [-0.25, -0.2) is 20.8 Å². The molecule has 0 aliphatic heterocycles. The van der Waals surface area contributed by atoms with Crippen LogP contribution in [0, 0.1) is 0 Å². The average molecular weight is 207 g/mol.